The summed E-state index contributed by atoms with van der Waals surface area (Å²) in [7, 11) is 0. The Morgan fingerprint density at radius 1 is 1.45 bits per heavy atom. The minimum absolute atomic E-state index is 0.0543. The molecule has 0 aliphatic rings. The van der Waals surface area contributed by atoms with Crippen molar-refractivity contribution in [3.05, 3.63) is 28.8 Å². The summed E-state index contributed by atoms with van der Waals surface area (Å²) in [4.78, 5) is 11.9. The van der Waals surface area contributed by atoms with Crippen LogP contribution in [0, 0.1) is 5.92 Å². The van der Waals surface area contributed by atoms with E-state index in [4.69, 9.17) is 17.3 Å². The summed E-state index contributed by atoms with van der Waals surface area (Å²) in [6.07, 6.45) is -3.16. The van der Waals surface area contributed by atoms with Crippen LogP contribution in [0.15, 0.2) is 18.2 Å². The Morgan fingerprint density at radius 2 is 2.10 bits per heavy atom. The number of hydrogen-bond acceptors (Lipinski definition) is 2. The van der Waals surface area contributed by atoms with Gasteiger partial charge in [-0.25, -0.2) is 0 Å². The van der Waals surface area contributed by atoms with Crippen LogP contribution in [0.4, 0.5) is 18.9 Å². The van der Waals surface area contributed by atoms with E-state index >= 15 is 0 Å². The molecule has 20 heavy (non-hydrogen) atoms. The lowest BCUT2D eigenvalue weighted by Gasteiger charge is -2.16. The van der Waals surface area contributed by atoms with Gasteiger partial charge in [-0.2, -0.15) is 13.2 Å². The fraction of sp³-hybridized carbons (Fsp3) is 0.462. The van der Waals surface area contributed by atoms with Crippen molar-refractivity contribution in [3.63, 3.8) is 0 Å². The highest BCUT2D eigenvalue weighted by Crippen LogP contribution is 2.34. The van der Waals surface area contributed by atoms with Crippen molar-refractivity contribution < 1.29 is 18.0 Å². The summed E-state index contributed by atoms with van der Waals surface area (Å²) in [5.74, 6) is -0.860. The standard InChI is InChI=1S/C13H16ClF3N2O/c1-2-3-8(7-18)12(20)19-11-6-9(13(15,16)17)4-5-10(11)14/h4-6,8H,2-3,7,18H2,1H3,(H,19,20). The Morgan fingerprint density at radius 3 is 2.60 bits per heavy atom. The summed E-state index contributed by atoms with van der Waals surface area (Å²) in [6.45, 7) is 2.03. The van der Waals surface area contributed by atoms with Crippen LogP contribution in [0.2, 0.25) is 5.02 Å². The SMILES string of the molecule is CCCC(CN)C(=O)Nc1cc(C(F)(F)F)ccc1Cl. The monoisotopic (exact) mass is 308 g/mol. The van der Waals surface area contributed by atoms with E-state index in [0.29, 0.717) is 6.42 Å². The van der Waals surface area contributed by atoms with E-state index in [1.54, 1.807) is 0 Å². The maximum Gasteiger partial charge on any atom is 0.416 e. The summed E-state index contributed by atoms with van der Waals surface area (Å²) in [6, 6.07) is 2.79. The van der Waals surface area contributed by atoms with E-state index in [1.807, 2.05) is 6.92 Å². The molecule has 1 amide bonds. The number of hydrogen-bond donors (Lipinski definition) is 2. The van der Waals surface area contributed by atoms with Gasteiger partial charge in [-0.1, -0.05) is 24.9 Å². The zero-order valence-electron chi connectivity index (χ0n) is 10.9. The minimum atomic E-state index is -4.49. The van der Waals surface area contributed by atoms with Gasteiger partial charge in [0, 0.05) is 6.54 Å². The van der Waals surface area contributed by atoms with Crippen LogP contribution in [0.1, 0.15) is 25.3 Å². The molecule has 1 unspecified atom stereocenters. The van der Waals surface area contributed by atoms with Crippen molar-refractivity contribution >= 4 is 23.2 Å². The largest absolute Gasteiger partial charge is 0.416 e. The molecule has 0 spiro atoms. The maximum absolute atomic E-state index is 12.6. The lowest BCUT2D eigenvalue weighted by atomic mass is 10.0. The third-order valence-electron chi connectivity index (χ3n) is 2.84. The lowest BCUT2D eigenvalue weighted by molar-refractivity contribution is -0.137. The van der Waals surface area contributed by atoms with Gasteiger partial charge in [-0.3, -0.25) is 4.79 Å². The Kier molecular flexibility index (Phi) is 5.83. The first-order valence-corrected chi connectivity index (χ1v) is 6.55. The average molecular weight is 309 g/mol. The molecule has 0 aromatic heterocycles. The molecule has 0 fully saturated rings. The molecule has 0 saturated heterocycles. The van der Waals surface area contributed by atoms with Crippen LogP contribution in [0.3, 0.4) is 0 Å². The highest BCUT2D eigenvalue weighted by Gasteiger charge is 2.31. The molecule has 1 aromatic rings. The van der Waals surface area contributed by atoms with Gasteiger partial charge in [0.1, 0.15) is 0 Å². The Bertz CT molecular complexity index is 477. The van der Waals surface area contributed by atoms with Gasteiger partial charge in [0.2, 0.25) is 5.91 Å². The van der Waals surface area contributed by atoms with Crippen LogP contribution in [-0.2, 0) is 11.0 Å². The number of nitrogens with one attached hydrogen (secondary N) is 1. The second-order valence-corrected chi connectivity index (χ2v) is 4.81. The molecular formula is C13H16ClF3N2O. The Balaban J connectivity index is 2.94. The third kappa shape index (κ3) is 4.38. The van der Waals surface area contributed by atoms with Crippen molar-refractivity contribution in [1.29, 1.82) is 0 Å². The van der Waals surface area contributed by atoms with Gasteiger partial charge < -0.3 is 11.1 Å². The number of amides is 1. The van der Waals surface area contributed by atoms with Gasteiger partial charge >= 0.3 is 6.18 Å². The second kappa shape index (κ2) is 6.95. The number of carbonyl (C=O) groups excluding carboxylic acids is 1. The number of benzene rings is 1. The Labute approximate surface area is 120 Å². The molecule has 3 nitrogen and oxygen atoms in total. The van der Waals surface area contributed by atoms with E-state index in [1.165, 1.54) is 0 Å². The van der Waals surface area contributed by atoms with Gasteiger partial charge in [0.25, 0.3) is 0 Å². The first kappa shape index (κ1) is 16.8. The minimum Gasteiger partial charge on any atom is -0.330 e. The lowest BCUT2D eigenvalue weighted by Crippen LogP contribution is -2.29. The smallest absolute Gasteiger partial charge is 0.330 e. The van der Waals surface area contributed by atoms with Gasteiger partial charge in [-0.15, -0.1) is 0 Å². The molecule has 7 heteroatoms. The fourth-order valence-corrected chi connectivity index (χ4v) is 1.90. The van der Waals surface area contributed by atoms with Crippen molar-refractivity contribution in [2.75, 3.05) is 11.9 Å². The third-order valence-corrected chi connectivity index (χ3v) is 3.17. The highest BCUT2D eigenvalue weighted by molar-refractivity contribution is 6.33. The molecular weight excluding hydrogens is 293 g/mol. The van der Waals surface area contributed by atoms with Gasteiger partial charge in [0.15, 0.2) is 0 Å². The highest BCUT2D eigenvalue weighted by atomic mass is 35.5. The van der Waals surface area contributed by atoms with Crippen LogP contribution >= 0.6 is 11.6 Å². The zero-order chi connectivity index (χ0) is 15.3. The molecule has 3 N–H and O–H groups in total. The summed E-state index contributed by atoms with van der Waals surface area (Å²) < 4.78 is 37.8. The number of carbonyl (C=O) groups is 1. The molecule has 1 atom stereocenters. The topological polar surface area (TPSA) is 55.1 Å². The number of anilines is 1. The first-order valence-electron chi connectivity index (χ1n) is 6.17. The number of nitrogens with two attached hydrogens (primary N) is 1. The van der Waals surface area contributed by atoms with Crippen LogP contribution in [0.25, 0.3) is 0 Å². The van der Waals surface area contributed by atoms with Crippen LogP contribution < -0.4 is 11.1 Å². The van der Waals surface area contributed by atoms with Gasteiger partial charge in [-0.05, 0) is 24.6 Å². The van der Waals surface area contributed by atoms with Crippen molar-refractivity contribution in [3.8, 4) is 0 Å². The van der Waals surface area contributed by atoms with E-state index in [2.05, 4.69) is 5.32 Å². The van der Waals surface area contributed by atoms with E-state index in [-0.39, 0.29) is 17.3 Å². The predicted octanol–water partition coefficient (Wildman–Crippen LogP) is 3.67. The summed E-state index contributed by atoms with van der Waals surface area (Å²) >= 11 is 5.80. The molecule has 0 saturated carbocycles. The quantitative estimate of drug-likeness (QED) is 0.872. The van der Waals surface area contributed by atoms with Gasteiger partial charge in [0.05, 0.1) is 22.2 Å². The average Bonchev–Trinajstić information content (AvgIpc) is 2.37. The van der Waals surface area contributed by atoms with E-state index < -0.39 is 23.6 Å². The summed E-state index contributed by atoms with van der Waals surface area (Å²) in [5, 5.41) is 2.46. The molecule has 1 rings (SSSR count). The van der Waals surface area contributed by atoms with Crippen LogP contribution in [0.5, 0.6) is 0 Å². The molecule has 0 aliphatic heterocycles. The molecule has 0 heterocycles. The van der Waals surface area contributed by atoms with Crippen molar-refractivity contribution in [2.45, 2.75) is 25.9 Å². The number of halogens is 4. The van der Waals surface area contributed by atoms with Crippen molar-refractivity contribution in [1.82, 2.24) is 0 Å². The zero-order valence-corrected chi connectivity index (χ0v) is 11.7. The number of alkyl halides is 3. The summed E-state index contributed by atoms with van der Waals surface area (Å²) in [5.41, 5.74) is 4.56. The molecule has 0 radical (unpaired) electrons. The molecule has 0 aliphatic carbocycles. The van der Waals surface area contributed by atoms with E-state index in [9.17, 15) is 18.0 Å². The van der Waals surface area contributed by atoms with Crippen LogP contribution in [-0.4, -0.2) is 12.5 Å². The van der Waals surface area contributed by atoms with Crippen molar-refractivity contribution in [2.24, 2.45) is 11.7 Å². The molecule has 1 aromatic carbocycles. The predicted molar refractivity (Wildman–Crippen MR) is 72.5 cm³/mol. The molecule has 112 valence electrons. The van der Waals surface area contributed by atoms with E-state index in [0.717, 1.165) is 24.6 Å². The number of rotatable bonds is 5. The fourth-order valence-electron chi connectivity index (χ4n) is 1.74. The first-order chi connectivity index (χ1) is 9.29. The maximum atomic E-state index is 12.6. The molecule has 0 bridgehead atoms. The second-order valence-electron chi connectivity index (χ2n) is 4.40. The normalized spacial score (nSPS) is 13.1. The Hall–Kier alpha value is -1.27.